The molecule has 0 saturated heterocycles. The first-order valence-corrected chi connectivity index (χ1v) is 9.98. The summed E-state index contributed by atoms with van der Waals surface area (Å²) in [5, 5.41) is 3.37. The standard InChI is InChI=1S/C18H21IN2O4S/c1-5-24-16(22)14-13(10-20-17(23)25-18(2,3)4)26-15(21-14)11-7-6-8-12(19)9-11/h6-9H,5,10H2,1-4H3,(H,20,23). The summed E-state index contributed by atoms with van der Waals surface area (Å²) in [5.41, 5.74) is 0.547. The maximum Gasteiger partial charge on any atom is 0.407 e. The minimum atomic E-state index is -0.590. The highest BCUT2D eigenvalue weighted by Crippen LogP contribution is 2.29. The Morgan fingerprint density at radius 2 is 2.04 bits per heavy atom. The predicted octanol–water partition coefficient (Wildman–Crippen LogP) is 4.62. The van der Waals surface area contributed by atoms with E-state index in [0.717, 1.165) is 9.13 Å². The molecule has 140 valence electrons. The minimum Gasteiger partial charge on any atom is -0.461 e. The number of alkyl carbamates (subject to hydrolysis) is 1. The molecule has 0 aliphatic rings. The molecular formula is C18H21IN2O4S. The molecule has 0 aliphatic carbocycles. The average Bonchev–Trinajstić information content (AvgIpc) is 2.96. The van der Waals surface area contributed by atoms with Crippen LogP contribution in [-0.4, -0.2) is 29.3 Å². The van der Waals surface area contributed by atoms with Gasteiger partial charge in [0.1, 0.15) is 10.6 Å². The van der Waals surface area contributed by atoms with Crippen molar-refractivity contribution < 1.29 is 19.1 Å². The molecule has 2 aromatic rings. The van der Waals surface area contributed by atoms with Crippen molar-refractivity contribution in [2.45, 2.75) is 39.8 Å². The number of rotatable bonds is 5. The van der Waals surface area contributed by atoms with E-state index in [4.69, 9.17) is 9.47 Å². The molecule has 8 heteroatoms. The van der Waals surface area contributed by atoms with Crippen molar-refractivity contribution in [2.24, 2.45) is 0 Å². The number of thiazole rings is 1. The van der Waals surface area contributed by atoms with Gasteiger partial charge in [-0.25, -0.2) is 14.6 Å². The lowest BCUT2D eigenvalue weighted by Crippen LogP contribution is -2.32. The molecule has 1 aromatic heterocycles. The summed E-state index contributed by atoms with van der Waals surface area (Å²) in [6.45, 7) is 7.51. The fourth-order valence-electron chi connectivity index (χ4n) is 2.04. The summed E-state index contributed by atoms with van der Waals surface area (Å²) in [7, 11) is 0. The quantitative estimate of drug-likeness (QED) is 0.491. The van der Waals surface area contributed by atoms with Crippen molar-refractivity contribution in [3.05, 3.63) is 38.4 Å². The zero-order valence-corrected chi connectivity index (χ0v) is 18.1. The van der Waals surface area contributed by atoms with E-state index < -0.39 is 17.7 Å². The number of benzene rings is 1. The number of halogens is 1. The van der Waals surface area contributed by atoms with Crippen LogP contribution in [0.1, 0.15) is 43.1 Å². The molecule has 6 nitrogen and oxygen atoms in total. The molecule has 0 unspecified atom stereocenters. The summed E-state index contributed by atoms with van der Waals surface area (Å²) < 4.78 is 11.4. The van der Waals surface area contributed by atoms with Gasteiger partial charge in [-0.2, -0.15) is 0 Å². The van der Waals surface area contributed by atoms with E-state index in [9.17, 15) is 9.59 Å². The van der Waals surface area contributed by atoms with Gasteiger partial charge in [-0.3, -0.25) is 0 Å². The van der Waals surface area contributed by atoms with Gasteiger partial charge in [0.15, 0.2) is 5.69 Å². The monoisotopic (exact) mass is 488 g/mol. The second kappa shape index (κ2) is 8.81. The molecular weight excluding hydrogens is 467 g/mol. The van der Waals surface area contributed by atoms with E-state index in [1.54, 1.807) is 27.7 Å². The van der Waals surface area contributed by atoms with Crippen molar-refractivity contribution in [1.29, 1.82) is 0 Å². The third kappa shape index (κ3) is 5.94. The molecule has 0 fully saturated rings. The van der Waals surface area contributed by atoms with E-state index in [1.165, 1.54) is 11.3 Å². The van der Waals surface area contributed by atoms with Gasteiger partial charge >= 0.3 is 12.1 Å². The summed E-state index contributed by atoms with van der Waals surface area (Å²) in [6, 6.07) is 7.83. The van der Waals surface area contributed by atoms with Gasteiger partial charge in [0.05, 0.1) is 18.0 Å². The number of amides is 1. The number of carbonyl (C=O) groups is 2. The first-order chi connectivity index (χ1) is 12.2. The van der Waals surface area contributed by atoms with Gasteiger partial charge in [0.25, 0.3) is 0 Å². The molecule has 0 saturated carbocycles. The van der Waals surface area contributed by atoms with E-state index in [0.29, 0.717) is 9.88 Å². The number of hydrogen-bond acceptors (Lipinski definition) is 6. The van der Waals surface area contributed by atoms with Crippen molar-refractivity contribution in [2.75, 3.05) is 6.61 Å². The van der Waals surface area contributed by atoms with Crippen molar-refractivity contribution in [3.8, 4) is 10.6 Å². The van der Waals surface area contributed by atoms with E-state index in [-0.39, 0.29) is 18.8 Å². The van der Waals surface area contributed by atoms with Crippen LogP contribution in [0.15, 0.2) is 24.3 Å². The van der Waals surface area contributed by atoms with E-state index >= 15 is 0 Å². The van der Waals surface area contributed by atoms with Crippen LogP contribution in [-0.2, 0) is 16.0 Å². The number of hydrogen-bond donors (Lipinski definition) is 1. The minimum absolute atomic E-state index is 0.144. The molecule has 0 aliphatic heterocycles. The Kier molecular flexibility index (Phi) is 6.99. The fraction of sp³-hybridized carbons (Fsp3) is 0.389. The van der Waals surface area contributed by atoms with Crippen LogP contribution in [0.2, 0.25) is 0 Å². The average molecular weight is 488 g/mol. The summed E-state index contributed by atoms with van der Waals surface area (Å²) in [4.78, 5) is 29.2. The molecule has 0 atom stereocenters. The van der Waals surface area contributed by atoms with Crippen LogP contribution in [0.4, 0.5) is 4.79 Å². The Labute approximate surface area is 170 Å². The number of nitrogens with zero attached hydrogens (tertiary/aromatic N) is 1. The third-order valence-electron chi connectivity index (χ3n) is 3.03. The van der Waals surface area contributed by atoms with Crippen molar-refractivity contribution in [1.82, 2.24) is 10.3 Å². The highest BCUT2D eigenvalue weighted by molar-refractivity contribution is 14.1. The second-order valence-corrected chi connectivity index (χ2v) is 8.71. The van der Waals surface area contributed by atoms with Crippen LogP contribution in [0.25, 0.3) is 10.6 Å². The molecule has 0 bridgehead atoms. The fourth-order valence-corrected chi connectivity index (χ4v) is 3.57. The number of ether oxygens (including phenoxy) is 2. The summed E-state index contributed by atoms with van der Waals surface area (Å²) in [6.07, 6.45) is -0.545. The van der Waals surface area contributed by atoms with Crippen LogP contribution >= 0.6 is 33.9 Å². The second-order valence-electron chi connectivity index (χ2n) is 6.38. The van der Waals surface area contributed by atoms with E-state index in [1.807, 2.05) is 24.3 Å². The maximum absolute atomic E-state index is 12.2. The molecule has 0 spiro atoms. The van der Waals surface area contributed by atoms with Gasteiger partial charge in [0.2, 0.25) is 0 Å². The molecule has 1 N–H and O–H groups in total. The van der Waals surface area contributed by atoms with Crippen LogP contribution in [0.3, 0.4) is 0 Å². The zero-order valence-electron chi connectivity index (χ0n) is 15.1. The molecule has 0 radical (unpaired) electrons. The lowest BCUT2D eigenvalue weighted by atomic mass is 10.2. The number of nitrogens with one attached hydrogen (secondary N) is 1. The lowest BCUT2D eigenvalue weighted by Gasteiger charge is -2.19. The Balaban J connectivity index is 2.25. The van der Waals surface area contributed by atoms with Crippen LogP contribution in [0.5, 0.6) is 0 Å². The maximum atomic E-state index is 12.2. The Morgan fingerprint density at radius 3 is 2.65 bits per heavy atom. The number of aromatic nitrogens is 1. The third-order valence-corrected chi connectivity index (χ3v) is 4.81. The van der Waals surface area contributed by atoms with Crippen molar-refractivity contribution in [3.63, 3.8) is 0 Å². The number of esters is 1. The van der Waals surface area contributed by atoms with Crippen molar-refractivity contribution >= 4 is 46.0 Å². The van der Waals surface area contributed by atoms with Gasteiger partial charge < -0.3 is 14.8 Å². The Bertz CT molecular complexity index is 799. The van der Waals surface area contributed by atoms with Gasteiger partial charge in [-0.1, -0.05) is 12.1 Å². The lowest BCUT2D eigenvalue weighted by molar-refractivity contribution is 0.0500. The number of carbonyl (C=O) groups excluding carboxylic acids is 2. The molecule has 1 aromatic carbocycles. The highest BCUT2D eigenvalue weighted by Gasteiger charge is 2.22. The Morgan fingerprint density at radius 1 is 1.31 bits per heavy atom. The molecule has 1 amide bonds. The first kappa shape index (κ1) is 20.6. The zero-order chi connectivity index (χ0) is 19.3. The van der Waals surface area contributed by atoms with E-state index in [2.05, 4.69) is 32.9 Å². The normalized spacial score (nSPS) is 11.1. The predicted molar refractivity (Wildman–Crippen MR) is 109 cm³/mol. The highest BCUT2D eigenvalue weighted by atomic mass is 127. The summed E-state index contributed by atoms with van der Waals surface area (Å²) >= 11 is 3.57. The smallest absolute Gasteiger partial charge is 0.407 e. The molecule has 2 rings (SSSR count). The summed E-state index contributed by atoms with van der Waals surface area (Å²) in [5.74, 6) is -0.499. The SMILES string of the molecule is CCOC(=O)c1nc(-c2cccc(I)c2)sc1CNC(=O)OC(C)(C)C. The van der Waals surface area contributed by atoms with Gasteiger partial charge in [0, 0.05) is 9.13 Å². The van der Waals surface area contributed by atoms with Crippen LogP contribution < -0.4 is 5.32 Å². The molecule has 26 heavy (non-hydrogen) atoms. The molecule has 1 heterocycles. The Hall–Kier alpha value is -1.68. The first-order valence-electron chi connectivity index (χ1n) is 8.09. The topological polar surface area (TPSA) is 77.5 Å². The largest absolute Gasteiger partial charge is 0.461 e. The van der Waals surface area contributed by atoms with Gasteiger partial charge in [-0.05, 0) is 62.4 Å². The van der Waals surface area contributed by atoms with Crippen LogP contribution in [0, 0.1) is 3.57 Å². The van der Waals surface area contributed by atoms with Gasteiger partial charge in [-0.15, -0.1) is 11.3 Å².